The molecule has 0 unspecified atom stereocenters. The summed E-state index contributed by atoms with van der Waals surface area (Å²) < 4.78 is 31.0. The zero-order chi connectivity index (χ0) is 22.8. The Bertz CT molecular complexity index is 1070. The fraction of sp³-hybridized carbons (Fsp3) is 0.435. The Labute approximate surface area is 187 Å². The van der Waals surface area contributed by atoms with Gasteiger partial charge >= 0.3 is 0 Å². The third-order valence-electron chi connectivity index (χ3n) is 5.89. The molecule has 1 aliphatic rings. The van der Waals surface area contributed by atoms with Crippen molar-refractivity contribution in [1.82, 2.24) is 24.6 Å². The van der Waals surface area contributed by atoms with Crippen LogP contribution in [0.25, 0.3) is 11.3 Å². The van der Waals surface area contributed by atoms with Gasteiger partial charge in [-0.2, -0.15) is 5.10 Å². The molecule has 0 amide bonds. The van der Waals surface area contributed by atoms with Gasteiger partial charge in [-0.15, -0.1) is 0 Å². The van der Waals surface area contributed by atoms with E-state index in [0.717, 1.165) is 32.1 Å². The van der Waals surface area contributed by atoms with Crippen LogP contribution in [0.3, 0.4) is 0 Å². The molecule has 1 aromatic carbocycles. The average Bonchev–Trinajstić information content (AvgIpc) is 3.26. The SMILES string of the molecule is CC(C)n1cc(-c2nc(Nc3ccc(N4CCC(N(C)C)CC4)c(F)c3)ncc2F)cn1. The number of nitrogens with one attached hydrogen (secondary N) is 1. The number of piperidine rings is 1. The highest BCUT2D eigenvalue weighted by atomic mass is 19.1. The molecule has 3 aromatic rings. The number of rotatable bonds is 6. The monoisotopic (exact) mass is 441 g/mol. The summed E-state index contributed by atoms with van der Waals surface area (Å²) in [7, 11) is 4.17. The molecule has 0 aliphatic carbocycles. The van der Waals surface area contributed by atoms with E-state index in [1.165, 1.54) is 6.07 Å². The first-order valence-electron chi connectivity index (χ1n) is 10.9. The third kappa shape index (κ3) is 4.72. The molecule has 0 saturated carbocycles. The van der Waals surface area contributed by atoms with Crippen LogP contribution >= 0.6 is 0 Å². The van der Waals surface area contributed by atoms with Gasteiger partial charge in [0.05, 0.1) is 18.1 Å². The Kier molecular flexibility index (Phi) is 6.36. The predicted octanol–water partition coefficient (Wildman–Crippen LogP) is 4.47. The zero-order valence-electron chi connectivity index (χ0n) is 18.9. The highest BCUT2D eigenvalue weighted by molar-refractivity contribution is 5.63. The molecule has 32 heavy (non-hydrogen) atoms. The van der Waals surface area contributed by atoms with Gasteiger partial charge < -0.3 is 15.1 Å². The molecule has 1 fully saturated rings. The topological polar surface area (TPSA) is 62.1 Å². The number of anilines is 3. The standard InChI is InChI=1S/C23H29F2N7/c1-15(2)32-14-16(12-27-32)22-20(25)13-26-23(29-22)28-17-5-6-21(19(24)11-17)31-9-7-18(8-10-31)30(3)4/h5-6,11-15,18H,7-10H2,1-4H3,(H,26,28,29). The van der Waals surface area contributed by atoms with Gasteiger partial charge in [0.15, 0.2) is 5.82 Å². The number of nitrogens with zero attached hydrogens (tertiary/aromatic N) is 6. The van der Waals surface area contributed by atoms with Crippen LogP contribution in [0.15, 0.2) is 36.8 Å². The Hall–Kier alpha value is -3.07. The lowest BCUT2D eigenvalue weighted by molar-refractivity contribution is 0.249. The first kappa shape index (κ1) is 22.1. The van der Waals surface area contributed by atoms with Gasteiger partial charge in [0.2, 0.25) is 5.95 Å². The molecule has 9 heteroatoms. The Morgan fingerprint density at radius 2 is 1.84 bits per heavy atom. The van der Waals surface area contributed by atoms with Crippen LogP contribution in [0.5, 0.6) is 0 Å². The summed E-state index contributed by atoms with van der Waals surface area (Å²) in [6.07, 6.45) is 6.44. The van der Waals surface area contributed by atoms with Crippen LogP contribution in [0.2, 0.25) is 0 Å². The van der Waals surface area contributed by atoms with Crippen molar-refractivity contribution in [3.8, 4) is 11.3 Å². The van der Waals surface area contributed by atoms with Crippen molar-refractivity contribution in [2.45, 2.75) is 38.8 Å². The molecule has 1 aliphatic heterocycles. The minimum atomic E-state index is -0.540. The largest absolute Gasteiger partial charge is 0.369 e. The minimum Gasteiger partial charge on any atom is -0.369 e. The van der Waals surface area contributed by atoms with Crippen molar-refractivity contribution in [3.05, 3.63) is 48.4 Å². The number of hydrogen-bond donors (Lipinski definition) is 1. The highest BCUT2D eigenvalue weighted by Gasteiger charge is 2.22. The zero-order valence-corrected chi connectivity index (χ0v) is 18.9. The molecular formula is C23H29F2N7. The van der Waals surface area contributed by atoms with Gasteiger partial charge in [-0.05, 0) is 59.0 Å². The molecule has 4 rings (SSSR count). The predicted molar refractivity (Wildman–Crippen MR) is 122 cm³/mol. The van der Waals surface area contributed by atoms with E-state index in [1.807, 2.05) is 13.8 Å². The van der Waals surface area contributed by atoms with Gasteiger partial charge in [0, 0.05) is 42.6 Å². The van der Waals surface area contributed by atoms with E-state index >= 15 is 0 Å². The number of halogens is 2. The second kappa shape index (κ2) is 9.20. The molecule has 0 spiro atoms. The van der Waals surface area contributed by atoms with E-state index in [-0.39, 0.29) is 23.5 Å². The Morgan fingerprint density at radius 1 is 1.09 bits per heavy atom. The average molecular weight is 442 g/mol. The molecule has 1 saturated heterocycles. The fourth-order valence-electron chi connectivity index (χ4n) is 3.97. The van der Waals surface area contributed by atoms with Crippen LogP contribution in [-0.2, 0) is 0 Å². The van der Waals surface area contributed by atoms with Gasteiger partial charge in [0.1, 0.15) is 11.5 Å². The second-order valence-corrected chi connectivity index (χ2v) is 8.67. The summed E-state index contributed by atoms with van der Waals surface area (Å²) in [6.45, 7) is 5.62. The van der Waals surface area contributed by atoms with Crippen molar-refractivity contribution in [3.63, 3.8) is 0 Å². The lowest BCUT2D eigenvalue weighted by Gasteiger charge is -2.36. The quantitative estimate of drug-likeness (QED) is 0.609. The maximum Gasteiger partial charge on any atom is 0.227 e. The second-order valence-electron chi connectivity index (χ2n) is 8.67. The summed E-state index contributed by atoms with van der Waals surface area (Å²) >= 11 is 0. The molecule has 7 nitrogen and oxygen atoms in total. The maximum absolute atomic E-state index is 14.9. The van der Waals surface area contributed by atoms with E-state index in [4.69, 9.17) is 0 Å². The summed E-state index contributed by atoms with van der Waals surface area (Å²) in [5.74, 6) is -0.655. The summed E-state index contributed by atoms with van der Waals surface area (Å²) in [6, 6.07) is 5.68. The van der Waals surface area contributed by atoms with Crippen molar-refractivity contribution in [2.75, 3.05) is 37.4 Å². The smallest absolute Gasteiger partial charge is 0.227 e. The van der Waals surface area contributed by atoms with E-state index < -0.39 is 5.82 Å². The van der Waals surface area contributed by atoms with Gasteiger partial charge in [0.25, 0.3) is 0 Å². The van der Waals surface area contributed by atoms with Crippen molar-refractivity contribution < 1.29 is 8.78 Å². The number of hydrogen-bond acceptors (Lipinski definition) is 6. The van der Waals surface area contributed by atoms with E-state index in [2.05, 4.69) is 44.3 Å². The minimum absolute atomic E-state index is 0.148. The Morgan fingerprint density at radius 3 is 2.47 bits per heavy atom. The molecule has 2 aromatic heterocycles. The molecule has 0 atom stereocenters. The third-order valence-corrected chi connectivity index (χ3v) is 5.89. The van der Waals surface area contributed by atoms with Crippen LogP contribution in [-0.4, -0.2) is 57.9 Å². The number of aromatic nitrogens is 4. The number of benzene rings is 1. The highest BCUT2D eigenvalue weighted by Crippen LogP contribution is 2.28. The lowest BCUT2D eigenvalue weighted by Crippen LogP contribution is -2.42. The van der Waals surface area contributed by atoms with Gasteiger partial charge in [-0.3, -0.25) is 4.68 Å². The molecule has 0 bridgehead atoms. The molecule has 3 heterocycles. The van der Waals surface area contributed by atoms with Crippen LogP contribution < -0.4 is 10.2 Å². The Balaban J connectivity index is 1.49. The van der Waals surface area contributed by atoms with Crippen molar-refractivity contribution in [2.24, 2.45) is 0 Å². The first-order chi connectivity index (χ1) is 15.3. The van der Waals surface area contributed by atoms with Crippen LogP contribution in [0.1, 0.15) is 32.7 Å². The summed E-state index contributed by atoms with van der Waals surface area (Å²) in [5.41, 5.74) is 1.80. The lowest BCUT2D eigenvalue weighted by atomic mass is 10.0. The van der Waals surface area contributed by atoms with Crippen LogP contribution in [0.4, 0.5) is 26.1 Å². The fourth-order valence-corrected chi connectivity index (χ4v) is 3.97. The summed E-state index contributed by atoms with van der Waals surface area (Å²) in [4.78, 5) is 12.6. The van der Waals surface area contributed by atoms with Crippen molar-refractivity contribution in [1.29, 1.82) is 0 Å². The molecule has 1 N–H and O–H groups in total. The first-order valence-corrected chi connectivity index (χ1v) is 10.9. The molecule has 170 valence electrons. The normalized spacial score (nSPS) is 15.1. The van der Waals surface area contributed by atoms with E-state index in [9.17, 15) is 8.78 Å². The van der Waals surface area contributed by atoms with Crippen LogP contribution in [0, 0.1) is 11.6 Å². The molecular weight excluding hydrogens is 412 g/mol. The van der Waals surface area contributed by atoms with E-state index in [0.29, 0.717) is 23.0 Å². The maximum atomic E-state index is 14.9. The van der Waals surface area contributed by atoms with Gasteiger partial charge in [-0.25, -0.2) is 18.7 Å². The van der Waals surface area contributed by atoms with E-state index in [1.54, 1.807) is 29.2 Å². The van der Waals surface area contributed by atoms with Crippen molar-refractivity contribution >= 4 is 17.3 Å². The van der Waals surface area contributed by atoms with Gasteiger partial charge in [-0.1, -0.05) is 0 Å². The molecule has 0 radical (unpaired) electrons. The summed E-state index contributed by atoms with van der Waals surface area (Å²) in [5, 5.41) is 7.22.